The fourth-order valence-electron chi connectivity index (χ4n) is 0.732. The predicted molar refractivity (Wildman–Crippen MR) is 43.2 cm³/mol. The third-order valence-electron chi connectivity index (χ3n) is 1.25. The Labute approximate surface area is 101 Å². The molecule has 0 bridgehead atoms. The third-order valence-corrected chi connectivity index (χ3v) is 2.19. The average Bonchev–Trinajstić information content (AvgIpc) is 2.05. The van der Waals surface area contributed by atoms with Crippen LogP contribution >= 0.6 is 11.6 Å². The summed E-state index contributed by atoms with van der Waals surface area (Å²) in [6.45, 7) is 0. The topological polar surface area (TPSA) is 40.1 Å². The molecule has 60 valence electrons. The van der Waals surface area contributed by atoms with Gasteiger partial charge in [0.05, 0.1) is 0 Å². The molecule has 1 aromatic rings. The number of hydrogen-bond acceptors (Lipinski definition) is 2. The monoisotopic (exact) mass is 212 g/mol. The number of halogens is 1. The van der Waals surface area contributed by atoms with Crippen molar-refractivity contribution in [3.8, 4) is 0 Å². The molecule has 0 amide bonds. The summed E-state index contributed by atoms with van der Waals surface area (Å²) in [5.41, 5.74) is 0.813. The molecule has 0 aliphatic rings. The Kier molecular flexibility index (Phi) is 6.45. The van der Waals surface area contributed by atoms with E-state index < -0.39 is 11.1 Å². The smallest absolute Gasteiger partial charge is 0.768 e. The summed E-state index contributed by atoms with van der Waals surface area (Å²) in [4.78, 5) is 0.281. The molecule has 0 aliphatic carbocycles. The number of rotatable bonds is 2. The van der Waals surface area contributed by atoms with Gasteiger partial charge in [-0.25, -0.2) is 0 Å². The van der Waals surface area contributed by atoms with Crippen LogP contribution in [0.3, 0.4) is 0 Å². The zero-order valence-corrected chi connectivity index (χ0v) is 10.2. The molecule has 0 aromatic heterocycles. The van der Waals surface area contributed by atoms with Crippen LogP contribution in [-0.4, -0.2) is 8.76 Å². The van der Waals surface area contributed by atoms with Crippen LogP contribution in [0.5, 0.6) is 0 Å². The summed E-state index contributed by atoms with van der Waals surface area (Å²) in [6.07, 6.45) is 0. The molecule has 12 heavy (non-hydrogen) atoms. The summed E-state index contributed by atoms with van der Waals surface area (Å²) in [5, 5.41) is 0. The van der Waals surface area contributed by atoms with E-state index in [2.05, 4.69) is 0 Å². The molecule has 0 aliphatic heterocycles. The second-order valence-electron chi connectivity index (χ2n) is 2.02. The second kappa shape index (κ2) is 6.13. The molecular formula is C7H6ClNaO2S. The van der Waals surface area contributed by atoms with E-state index in [0.29, 0.717) is 5.88 Å². The van der Waals surface area contributed by atoms with Crippen LogP contribution in [0.2, 0.25) is 0 Å². The zero-order valence-electron chi connectivity index (χ0n) is 6.62. The quantitative estimate of drug-likeness (QED) is 0.346. The standard InChI is InChI=1S/C7H7ClO2S.Na/c8-5-6-2-1-3-7(4-6)11(9)10;/h1-4H,5H2,(H,9,10);/q;+1/p-1. The zero-order chi connectivity index (χ0) is 8.27. The van der Waals surface area contributed by atoms with Gasteiger partial charge in [-0.05, 0) is 28.8 Å². The van der Waals surface area contributed by atoms with Gasteiger partial charge in [0.25, 0.3) is 0 Å². The second-order valence-corrected chi connectivity index (χ2v) is 3.22. The van der Waals surface area contributed by atoms with Gasteiger partial charge in [-0.3, -0.25) is 4.21 Å². The van der Waals surface area contributed by atoms with E-state index in [1.165, 1.54) is 6.07 Å². The van der Waals surface area contributed by atoms with Crippen molar-refractivity contribution in [1.82, 2.24) is 0 Å². The van der Waals surface area contributed by atoms with Crippen molar-refractivity contribution in [2.75, 3.05) is 0 Å². The molecule has 0 radical (unpaired) electrons. The summed E-state index contributed by atoms with van der Waals surface area (Å²) >= 11 is 3.35. The van der Waals surface area contributed by atoms with Crippen molar-refractivity contribution in [3.63, 3.8) is 0 Å². The van der Waals surface area contributed by atoms with Crippen LogP contribution in [0, 0.1) is 0 Å². The van der Waals surface area contributed by atoms with E-state index in [-0.39, 0.29) is 34.5 Å². The van der Waals surface area contributed by atoms with E-state index >= 15 is 0 Å². The number of hydrogen-bond donors (Lipinski definition) is 0. The molecule has 1 atom stereocenters. The Morgan fingerprint density at radius 2 is 2.17 bits per heavy atom. The first-order valence-electron chi connectivity index (χ1n) is 2.98. The molecular weight excluding hydrogens is 207 g/mol. The first-order valence-corrected chi connectivity index (χ1v) is 4.59. The van der Waals surface area contributed by atoms with Gasteiger partial charge < -0.3 is 4.55 Å². The summed E-state index contributed by atoms with van der Waals surface area (Å²) in [6, 6.07) is 6.53. The first-order chi connectivity index (χ1) is 5.24. The normalized spacial score (nSPS) is 11.8. The van der Waals surface area contributed by atoms with Gasteiger partial charge in [-0.15, -0.1) is 11.6 Å². The predicted octanol–water partition coefficient (Wildman–Crippen LogP) is -1.33. The van der Waals surface area contributed by atoms with Gasteiger partial charge in [-0.1, -0.05) is 12.1 Å². The van der Waals surface area contributed by atoms with Crippen LogP contribution in [0.25, 0.3) is 0 Å². The maximum Gasteiger partial charge on any atom is 1.00 e. The molecule has 0 N–H and O–H groups in total. The van der Waals surface area contributed by atoms with Crippen LogP contribution in [0.15, 0.2) is 29.2 Å². The van der Waals surface area contributed by atoms with Crippen molar-refractivity contribution >= 4 is 22.7 Å². The Bertz CT molecular complexity index is 280. The molecule has 1 unspecified atom stereocenters. The summed E-state index contributed by atoms with van der Waals surface area (Å²) in [7, 11) is 0. The Morgan fingerprint density at radius 3 is 2.67 bits per heavy atom. The largest absolute Gasteiger partial charge is 1.00 e. The third kappa shape index (κ3) is 3.56. The van der Waals surface area contributed by atoms with Crippen molar-refractivity contribution in [3.05, 3.63) is 29.8 Å². The fourth-order valence-corrected chi connectivity index (χ4v) is 1.34. The molecule has 0 fully saturated rings. The molecule has 2 nitrogen and oxygen atoms in total. The minimum atomic E-state index is -2.15. The van der Waals surface area contributed by atoms with Crippen LogP contribution < -0.4 is 29.6 Å². The van der Waals surface area contributed by atoms with E-state index in [1.807, 2.05) is 0 Å². The van der Waals surface area contributed by atoms with E-state index in [9.17, 15) is 8.76 Å². The number of alkyl halides is 1. The van der Waals surface area contributed by atoms with Crippen molar-refractivity contribution in [2.24, 2.45) is 0 Å². The maximum absolute atomic E-state index is 10.4. The molecule has 0 saturated heterocycles. The Morgan fingerprint density at radius 1 is 1.50 bits per heavy atom. The molecule has 5 heteroatoms. The fraction of sp³-hybridized carbons (Fsp3) is 0.143. The Hall–Kier alpha value is 0.620. The minimum absolute atomic E-state index is 0. The van der Waals surface area contributed by atoms with Gasteiger partial charge in [0.2, 0.25) is 0 Å². The molecule has 0 heterocycles. The summed E-state index contributed by atoms with van der Waals surface area (Å²) < 4.78 is 20.9. The Balaban J connectivity index is 0.00000121. The summed E-state index contributed by atoms with van der Waals surface area (Å²) in [5.74, 6) is 0.338. The molecule has 0 spiro atoms. The van der Waals surface area contributed by atoms with E-state index in [4.69, 9.17) is 11.6 Å². The van der Waals surface area contributed by atoms with Gasteiger partial charge in [0.15, 0.2) is 0 Å². The molecule has 1 aromatic carbocycles. The van der Waals surface area contributed by atoms with Crippen molar-refractivity contribution in [1.29, 1.82) is 0 Å². The van der Waals surface area contributed by atoms with Gasteiger partial charge in [0, 0.05) is 10.8 Å². The van der Waals surface area contributed by atoms with Crippen LogP contribution in [0.1, 0.15) is 5.56 Å². The first kappa shape index (κ1) is 12.6. The van der Waals surface area contributed by atoms with Crippen LogP contribution in [0.4, 0.5) is 0 Å². The van der Waals surface area contributed by atoms with Gasteiger partial charge >= 0.3 is 29.6 Å². The molecule has 1 rings (SSSR count). The van der Waals surface area contributed by atoms with Crippen LogP contribution in [-0.2, 0) is 17.0 Å². The van der Waals surface area contributed by atoms with E-state index in [1.54, 1.807) is 18.2 Å². The van der Waals surface area contributed by atoms with Crippen molar-refractivity contribution in [2.45, 2.75) is 10.8 Å². The number of benzene rings is 1. The van der Waals surface area contributed by atoms with Gasteiger partial charge in [-0.2, -0.15) is 0 Å². The van der Waals surface area contributed by atoms with E-state index in [0.717, 1.165) is 5.56 Å². The average molecular weight is 213 g/mol. The van der Waals surface area contributed by atoms with Gasteiger partial charge in [0.1, 0.15) is 0 Å². The minimum Gasteiger partial charge on any atom is -0.768 e. The maximum atomic E-state index is 10.4. The molecule has 0 saturated carbocycles. The SMILES string of the molecule is O=S([O-])c1cccc(CCl)c1.[Na+]. The van der Waals surface area contributed by atoms with Crippen molar-refractivity contribution < 1.29 is 38.3 Å².